The number of hydrogen-bond acceptors (Lipinski definition) is 2. The fourth-order valence-electron chi connectivity index (χ4n) is 3.81. The van der Waals surface area contributed by atoms with E-state index in [1.807, 2.05) is 12.1 Å². The highest BCUT2D eigenvalue weighted by Crippen LogP contribution is 2.36. The first-order valence-corrected chi connectivity index (χ1v) is 10.9. The fourth-order valence-corrected chi connectivity index (χ4v) is 8.35. The predicted octanol–water partition coefficient (Wildman–Crippen LogP) is 3.31. The Morgan fingerprint density at radius 2 is 1.48 bits per heavy atom. The molecule has 4 heteroatoms. The minimum atomic E-state index is -2.53. The van der Waals surface area contributed by atoms with Crippen LogP contribution < -0.4 is 10.4 Å². The molecule has 1 aliphatic heterocycles. The standard InChI is InChI=1S/C21H27NO2Si/c1-21(2,3)25(19-12-6-4-7-13-19,20-14-8-5-9-15-20)24-17-18-11-10-16-22(18)23/h4-9,12-15H,10-11,16-17H2,1-3H3. The second-order valence-corrected chi connectivity index (χ2v) is 12.0. The van der Waals surface area contributed by atoms with Gasteiger partial charge in [-0.1, -0.05) is 81.4 Å². The van der Waals surface area contributed by atoms with E-state index in [0.29, 0.717) is 13.2 Å². The number of hydrogen-bond donors (Lipinski definition) is 0. The van der Waals surface area contributed by atoms with Crippen molar-refractivity contribution in [3.63, 3.8) is 0 Å². The van der Waals surface area contributed by atoms with Gasteiger partial charge in [0.25, 0.3) is 8.32 Å². The first-order chi connectivity index (χ1) is 11.9. The highest BCUT2D eigenvalue weighted by Gasteiger charge is 2.50. The van der Waals surface area contributed by atoms with E-state index in [4.69, 9.17) is 4.43 Å². The maximum Gasteiger partial charge on any atom is 0.261 e. The van der Waals surface area contributed by atoms with Crippen molar-refractivity contribution in [1.82, 2.24) is 0 Å². The number of rotatable bonds is 5. The van der Waals surface area contributed by atoms with E-state index in [0.717, 1.165) is 23.3 Å². The molecule has 0 bridgehead atoms. The quantitative estimate of drug-likeness (QED) is 0.470. The van der Waals surface area contributed by atoms with E-state index in [1.54, 1.807) is 0 Å². The predicted molar refractivity (Wildman–Crippen MR) is 106 cm³/mol. The molecule has 25 heavy (non-hydrogen) atoms. The lowest BCUT2D eigenvalue weighted by Crippen LogP contribution is -2.67. The number of nitrogens with zero attached hydrogens (tertiary/aromatic N) is 1. The van der Waals surface area contributed by atoms with Gasteiger partial charge in [-0.3, -0.25) is 0 Å². The number of hydroxylamine groups is 1. The van der Waals surface area contributed by atoms with Crippen molar-refractivity contribution in [2.45, 2.75) is 38.7 Å². The third kappa shape index (κ3) is 3.41. The molecule has 1 aliphatic rings. The average Bonchev–Trinajstić information content (AvgIpc) is 3.01. The molecule has 0 saturated heterocycles. The second-order valence-electron chi connectivity index (χ2n) is 7.72. The Kier molecular flexibility index (Phi) is 5.11. The van der Waals surface area contributed by atoms with Crippen molar-refractivity contribution in [1.29, 1.82) is 0 Å². The van der Waals surface area contributed by atoms with Crippen LogP contribution in [0.4, 0.5) is 0 Å². The lowest BCUT2D eigenvalue weighted by atomic mass is 10.2. The highest BCUT2D eigenvalue weighted by atomic mass is 28.4. The van der Waals surface area contributed by atoms with Gasteiger partial charge in [0.05, 0.1) is 0 Å². The zero-order chi connectivity index (χ0) is 17.9. The molecule has 1 heterocycles. The van der Waals surface area contributed by atoms with Gasteiger partial charge in [-0.25, -0.2) is 4.74 Å². The van der Waals surface area contributed by atoms with Crippen LogP contribution in [0.15, 0.2) is 60.7 Å². The molecule has 0 spiro atoms. The van der Waals surface area contributed by atoms with Gasteiger partial charge in [-0.05, 0) is 15.4 Å². The van der Waals surface area contributed by atoms with E-state index in [2.05, 4.69) is 69.3 Å². The zero-order valence-electron chi connectivity index (χ0n) is 15.4. The minimum absolute atomic E-state index is 0.0530. The summed E-state index contributed by atoms with van der Waals surface area (Å²) in [6, 6.07) is 21.1. The molecule has 3 rings (SSSR count). The summed E-state index contributed by atoms with van der Waals surface area (Å²) in [5.41, 5.74) is 0.882. The smallest absolute Gasteiger partial charge is 0.261 e. The summed E-state index contributed by atoms with van der Waals surface area (Å²) in [6.07, 6.45) is 1.78. The summed E-state index contributed by atoms with van der Waals surface area (Å²) in [5, 5.41) is 14.5. The van der Waals surface area contributed by atoms with Crippen molar-refractivity contribution < 1.29 is 9.16 Å². The van der Waals surface area contributed by atoms with Crippen molar-refractivity contribution in [2.24, 2.45) is 0 Å². The largest absolute Gasteiger partial charge is 0.624 e. The first-order valence-electron chi connectivity index (χ1n) is 8.99. The van der Waals surface area contributed by atoms with Gasteiger partial charge in [0.2, 0.25) is 0 Å². The molecule has 0 N–H and O–H groups in total. The third-order valence-electron chi connectivity index (χ3n) is 5.05. The molecule has 0 aliphatic carbocycles. The summed E-state index contributed by atoms with van der Waals surface area (Å²) in [7, 11) is -2.53. The molecule has 132 valence electrons. The molecule has 3 nitrogen and oxygen atoms in total. The van der Waals surface area contributed by atoms with E-state index >= 15 is 0 Å². The maximum atomic E-state index is 12.0. The molecule has 0 saturated carbocycles. The average molecular weight is 354 g/mol. The van der Waals surface area contributed by atoms with Crippen LogP contribution in [-0.2, 0) is 4.43 Å². The van der Waals surface area contributed by atoms with Crippen LogP contribution in [0, 0.1) is 5.21 Å². The molecule has 0 unspecified atom stereocenters. The summed E-state index contributed by atoms with van der Waals surface area (Å²) in [4.78, 5) is 0. The Labute approximate surface area is 151 Å². The van der Waals surface area contributed by atoms with Crippen LogP contribution in [-0.4, -0.2) is 31.9 Å². The van der Waals surface area contributed by atoms with Gasteiger partial charge in [0, 0.05) is 12.8 Å². The normalized spacial score (nSPS) is 15.6. The highest BCUT2D eigenvalue weighted by molar-refractivity contribution is 6.99. The van der Waals surface area contributed by atoms with Gasteiger partial charge < -0.3 is 9.63 Å². The Bertz CT molecular complexity index is 696. The van der Waals surface area contributed by atoms with Crippen LogP contribution in [0.3, 0.4) is 0 Å². The molecule has 0 atom stereocenters. The molecule has 0 fully saturated rings. The molecule has 0 aromatic heterocycles. The van der Waals surface area contributed by atoms with Crippen LogP contribution in [0.5, 0.6) is 0 Å². The topological polar surface area (TPSA) is 35.3 Å². The maximum absolute atomic E-state index is 12.0. The van der Waals surface area contributed by atoms with E-state index in [-0.39, 0.29) is 5.04 Å². The SMILES string of the molecule is CC(C)(C)[Si](OCC1=[N+]([O-])CCC1)(c1ccccc1)c1ccccc1. The Morgan fingerprint density at radius 3 is 1.88 bits per heavy atom. The Hall–Kier alpha value is -1.91. The molecule has 2 aromatic rings. The number of benzene rings is 2. The van der Waals surface area contributed by atoms with Gasteiger partial charge >= 0.3 is 0 Å². The summed E-state index contributed by atoms with van der Waals surface area (Å²) in [5.74, 6) is 0. The monoisotopic (exact) mass is 353 g/mol. The van der Waals surface area contributed by atoms with E-state index < -0.39 is 8.32 Å². The summed E-state index contributed by atoms with van der Waals surface area (Å²) >= 11 is 0. The van der Waals surface area contributed by atoms with Gasteiger partial charge in [-0.2, -0.15) is 0 Å². The molecule has 0 amide bonds. The van der Waals surface area contributed by atoms with Crippen LogP contribution in [0.2, 0.25) is 5.04 Å². The Morgan fingerprint density at radius 1 is 0.960 bits per heavy atom. The van der Waals surface area contributed by atoms with Crippen LogP contribution in [0.1, 0.15) is 33.6 Å². The van der Waals surface area contributed by atoms with E-state index in [1.165, 1.54) is 10.4 Å². The molecular weight excluding hydrogens is 326 g/mol. The Balaban J connectivity index is 2.10. The molecule has 2 aromatic carbocycles. The first kappa shape index (κ1) is 17.9. The van der Waals surface area contributed by atoms with Crippen molar-refractivity contribution >= 4 is 24.4 Å². The van der Waals surface area contributed by atoms with Crippen LogP contribution >= 0.6 is 0 Å². The van der Waals surface area contributed by atoms with Crippen molar-refractivity contribution in [3.05, 3.63) is 65.9 Å². The minimum Gasteiger partial charge on any atom is -0.624 e. The fraction of sp³-hybridized carbons (Fsp3) is 0.381. The van der Waals surface area contributed by atoms with Gasteiger partial charge in [0.15, 0.2) is 12.3 Å². The second kappa shape index (κ2) is 7.14. The van der Waals surface area contributed by atoms with Gasteiger partial charge in [-0.15, -0.1) is 0 Å². The van der Waals surface area contributed by atoms with Gasteiger partial charge in [0.1, 0.15) is 6.61 Å². The van der Waals surface area contributed by atoms with Crippen LogP contribution in [0.25, 0.3) is 0 Å². The molecule has 0 radical (unpaired) electrons. The third-order valence-corrected chi connectivity index (χ3v) is 10.0. The lowest BCUT2D eigenvalue weighted by Gasteiger charge is -2.42. The summed E-state index contributed by atoms with van der Waals surface area (Å²) in [6.45, 7) is 7.80. The van der Waals surface area contributed by atoms with E-state index in [9.17, 15) is 5.21 Å². The van der Waals surface area contributed by atoms with Crippen molar-refractivity contribution in [2.75, 3.05) is 13.2 Å². The lowest BCUT2D eigenvalue weighted by molar-refractivity contribution is -0.449. The summed E-state index contributed by atoms with van der Waals surface area (Å²) < 4.78 is 7.90. The zero-order valence-corrected chi connectivity index (χ0v) is 16.4. The van der Waals surface area contributed by atoms with Crippen molar-refractivity contribution in [3.8, 4) is 0 Å². The molecular formula is C21H27NO2Si.